The molecule has 0 amide bonds. The second kappa shape index (κ2) is 4.28. The van der Waals surface area contributed by atoms with Crippen molar-refractivity contribution in [1.29, 1.82) is 0 Å². The molecule has 0 atom stereocenters. The Morgan fingerprint density at radius 2 is 2.38 bits per heavy atom. The lowest BCUT2D eigenvalue weighted by atomic mass is 10.1. The van der Waals surface area contributed by atoms with Gasteiger partial charge in [0, 0.05) is 18.6 Å². The van der Waals surface area contributed by atoms with E-state index < -0.39 is 0 Å². The summed E-state index contributed by atoms with van der Waals surface area (Å²) in [7, 11) is 0. The zero-order valence-electron chi connectivity index (χ0n) is 7.56. The lowest BCUT2D eigenvalue weighted by molar-refractivity contribution is -0.131. The van der Waals surface area contributed by atoms with Gasteiger partial charge in [-0.3, -0.25) is 4.79 Å². The molecule has 0 bridgehead atoms. The molecule has 13 heavy (non-hydrogen) atoms. The zero-order chi connectivity index (χ0) is 9.84. The minimum atomic E-state index is -0.336. The van der Waals surface area contributed by atoms with E-state index >= 15 is 0 Å². The second-order valence-electron chi connectivity index (χ2n) is 2.58. The van der Waals surface area contributed by atoms with Crippen LogP contribution in [0.25, 0.3) is 0 Å². The van der Waals surface area contributed by atoms with Crippen molar-refractivity contribution in [2.24, 2.45) is 0 Å². The van der Waals surface area contributed by atoms with E-state index in [1.807, 2.05) is 6.92 Å². The Morgan fingerprint density at radius 1 is 1.69 bits per heavy atom. The number of hydrogen-bond donors (Lipinski definition) is 0. The van der Waals surface area contributed by atoms with Crippen LogP contribution in [0.15, 0.2) is 12.1 Å². The van der Waals surface area contributed by atoms with E-state index in [2.05, 4.69) is 6.07 Å². The number of ether oxygens (including phenoxy) is 1. The summed E-state index contributed by atoms with van der Waals surface area (Å²) >= 11 is 5.87. The van der Waals surface area contributed by atoms with Crippen LogP contribution in [0.1, 0.15) is 19.4 Å². The Labute approximate surface area is 82.5 Å². The van der Waals surface area contributed by atoms with Gasteiger partial charge in [-0.25, -0.2) is 0 Å². The number of rotatable bonds is 2. The van der Waals surface area contributed by atoms with Gasteiger partial charge in [0.05, 0.1) is 5.02 Å². The lowest BCUT2D eigenvalue weighted by Gasteiger charge is -2.07. The predicted molar refractivity (Wildman–Crippen MR) is 51.0 cm³/mol. The van der Waals surface area contributed by atoms with Crippen LogP contribution in [0.2, 0.25) is 5.02 Å². The van der Waals surface area contributed by atoms with Crippen molar-refractivity contribution in [3.05, 3.63) is 28.8 Å². The lowest BCUT2D eigenvalue weighted by Crippen LogP contribution is -2.03. The van der Waals surface area contributed by atoms with Crippen molar-refractivity contribution in [2.75, 3.05) is 0 Å². The molecule has 0 unspecified atom stereocenters. The van der Waals surface area contributed by atoms with Crippen molar-refractivity contribution in [1.82, 2.24) is 0 Å². The average Bonchev–Trinajstić information content (AvgIpc) is 2.03. The van der Waals surface area contributed by atoms with Crippen molar-refractivity contribution < 1.29 is 9.53 Å². The van der Waals surface area contributed by atoms with E-state index in [0.29, 0.717) is 10.8 Å². The number of esters is 1. The Kier molecular flexibility index (Phi) is 3.32. The van der Waals surface area contributed by atoms with Crippen LogP contribution in [0.4, 0.5) is 0 Å². The summed E-state index contributed by atoms with van der Waals surface area (Å²) in [4.78, 5) is 10.7. The average molecular weight is 198 g/mol. The van der Waals surface area contributed by atoms with Gasteiger partial charge in [0.25, 0.3) is 0 Å². The van der Waals surface area contributed by atoms with E-state index in [-0.39, 0.29) is 5.97 Å². The van der Waals surface area contributed by atoms with Crippen molar-refractivity contribution >= 4 is 17.6 Å². The smallest absolute Gasteiger partial charge is 0.308 e. The highest BCUT2D eigenvalue weighted by atomic mass is 35.5. The van der Waals surface area contributed by atoms with Crippen LogP contribution in [0.5, 0.6) is 5.75 Å². The van der Waals surface area contributed by atoms with Gasteiger partial charge in [-0.1, -0.05) is 18.5 Å². The molecule has 1 aromatic carbocycles. The molecular weight excluding hydrogens is 188 g/mol. The first-order valence-electron chi connectivity index (χ1n) is 4.02. The number of carbonyl (C=O) groups excluding carboxylic acids is 1. The summed E-state index contributed by atoms with van der Waals surface area (Å²) in [5.74, 6) is 0.190. The van der Waals surface area contributed by atoms with Crippen LogP contribution in [-0.4, -0.2) is 5.97 Å². The molecule has 0 aliphatic rings. The molecule has 0 aliphatic heterocycles. The van der Waals surface area contributed by atoms with Gasteiger partial charge in [-0.05, 0) is 18.6 Å². The fraction of sp³-hybridized carbons (Fsp3) is 0.300. The Bertz CT molecular complexity index is 321. The molecule has 0 saturated heterocycles. The Morgan fingerprint density at radius 3 is 2.92 bits per heavy atom. The predicted octanol–water partition coefficient (Wildman–Crippen LogP) is 2.63. The molecule has 0 saturated carbocycles. The third kappa shape index (κ3) is 2.46. The standard InChI is InChI=1S/C10H10ClO2/c1-3-8-9(11)5-4-6-10(8)13-7(2)12/h4,6H,3H2,1-2H3. The van der Waals surface area contributed by atoms with Gasteiger partial charge < -0.3 is 4.74 Å². The Balaban J connectivity index is 3.05. The molecule has 3 heteroatoms. The molecule has 0 heterocycles. The highest BCUT2D eigenvalue weighted by Crippen LogP contribution is 2.26. The van der Waals surface area contributed by atoms with Gasteiger partial charge in [0.1, 0.15) is 5.75 Å². The molecule has 2 nitrogen and oxygen atoms in total. The van der Waals surface area contributed by atoms with Gasteiger partial charge in [0.2, 0.25) is 0 Å². The zero-order valence-corrected chi connectivity index (χ0v) is 8.31. The van der Waals surface area contributed by atoms with Crippen LogP contribution in [0.3, 0.4) is 0 Å². The third-order valence-corrected chi connectivity index (χ3v) is 1.95. The van der Waals surface area contributed by atoms with Crippen LogP contribution in [-0.2, 0) is 11.2 Å². The van der Waals surface area contributed by atoms with E-state index in [4.69, 9.17) is 16.3 Å². The SMILES string of the molecule is CCc1c(Cl)[c]ccc1OC(C)=O. The van der Waals surface area contributed by atoms with Crippen LogP contribution < -0.4 is 4.74 Å². The molecule has 0 spiro atoms. The maximum Gasteiger partial charge on any atom is 0.308 e. The van der Waals surface area contributed by atoms with Crippen LogP contribution >= 0.6 is 11.6 Å². The van der Waals surface area contributed by atoms with Gasteiger partial charge in [-0.2, -0.15) is 0 Å². The topological polar surface area (TPSA) is 26.3 Å². The first-order chi connectivity index (χ1) is 6.15. The highest BCUT2D eigenvalue weighted by molar-refractivity contribution is 6.31. The van der Waals surface area contributed by atoms with Crippen molar-refractivity contribution in [3.8, 4) is 5.75 Å². The van der Waals surface area contributed by atoms with Gasteiger partial charge >= 0.3 is 5.97 Å². The van der Waals surface area contributed by atoms with Crippen LogP contribution in [0, 0.1) is 6.07 Å². The third-order valence-electron chi connectivity index (χ3n) is 1.61. The fourth-order valence-corrected chi connectivity index (χ4v) is 1.36. The van der Waals surface area contributed by atoms with E-state index in [0.717, 1.165) is 12.0 Å². The number of carbonyl (C=O) groups is 1. The van der Waals surface area contributed by atoms with E-state index in [1.165, 1.54) is 6.92 Å². The summed E-state index contributed by atoms with van der Waals surface area (Å²) < 4.78 is 4.97. The van der Waals surface area contributed by atoms with Gasteiger partial charge in [0.15, 0.2) is 0 Å². The van der Waals surface area contributed by atoms with Crippen molar-refractivity contribution in [3.63, 3.8) is 0 Å². The molecule has 1 radical (unpaired) electrons. The fourth-order valence-electron chi connectivity index (χ4n) is 1.07. The molecular formula is C10H10ClO2. The molecule has 1 aromatic rings. The van der Waals surface area contributed by atoms with Gasteiger partial charge in [-0.15, -0.1) is 0 Å². The summed E-state index contributed by atoms with van der Waals surface area (Å²) in [6.45, 7) is 3.31. The number of benzene rings is 1. The summed E-state index contributed by atoms with van der Waals surface area (Å²) in [5.41, 5.74) is 0.819. The molecule has 0 fully saturated rings. The maximum atomic E-state index is 10.7. The summed E-state index contributed by atoms with van der Waals surface area (Å²) in [6.07, 6.45) is 0.721. The summed E-state index contributed by atoms with van der Waals surface area (Å²) in [6, 6.07) is 6.16. The van der Waals surface area contributed by atoms with E-state index in [9.17, 15) is 4.79 Å². The molecule has 0 N–H and O–H groups in total. The molecule has 1 rings (SSSR count). The number of hydrogen-bond acceptors (Lipinski definition) is 2. The first kappa shape index (κ1) is 10.1. The highest BCUT2D eigenvalue weighted by Gasteiger charge is 2.07. The first-order valence-corrected chi connectivity index (χ1v) is 4.40. The maximum absolute atomic E-state index is 10.7. The monoisotopic (exact) mass is 197 g/mol. The van der Waals surface area contributed by atoms with E-state index in [1.54, 1.807) is 12.1 Å². The molecule has 69 valence electrons. The Hall–Kier alpha value is -1.02. The largest absolute Gasteiger partial charge is 0.426 e. The van der Waals surface area contributed by atoms with Crippen molar-refractivity contribution in [2.45, 2.75) is 20.3 Å². The second-order valence-corrected chi connectivity index (χ2v) is 2.96. The number of halogens is 1. The minimum Gasteiger partial charge on any atom is -0.426 e. The molecule has 0 aromatic heterocycles. The summed E-state index contributed by atoms with van der Waals surface area (Å²) in [5, 5.41) is 0.515. The minimum absolute atomic E-state index is 0.336. The molecule has 0 aliphatic carbocycles. The normalized spacial score (nSPS) is 9.77. The quantitative estimate of drug-likeness (QED) is 0.538.